The van der Waals surface area contributed by atoms with Crippen molar-refractivity contribution in [2.45, 2.75) is 45.1 Å². The fourth-order valence-corrected chi connectivity index (χ4v) is 4.98. The van der Waals surface area contributed by atoms with Crippen molar-refractivity contribution in [3.63, 3.8) is 0 Å². The van der Waals surface area contributed by atoms with Crippen LogP contribution >= 0.6 is 0 Å². The molecule has 2 unspecified atom stereocenters. The first-order chi connectivity index (χ1) is 17.2. The lowest BCUT2D eigenvalue weighted by Gasteiger charge is -2.30. The number of para-hydroxylation sites is 2. The number of ether oxygens (including phenoxy) is 2. The summed E-state index contributed by atoms with van der Waals surface area (Å²) in [6.45, 7) is 5.38. The van der Waals surface area contributed by atoms with Crippen LogP contribution in [-0.4, -0.2) is 19.0 Å². The summed E-state index contributed by atoms with van der Waals surface area (Å²) < 4.78 is 11.5. The van der Waals surface area contributed by atoms with Gasteiger partial charge in [0, 0.05) is 17.7 Å². The summed E-state index contributed by atoms with van der Waals surface area (Å²) in [4.78, 5) is 13.7. The quantitative estimate of drug-likeness (QED) is 0.397. The number of hydrogen-bond donors (Lipinski definition) is 2. The van der Waals surface area contributed by atoms with E-state index in [1.807, 2.05) is 49.4 Å². The molecular formula is C30H32N2O3. The highest BCUT2D eigenvalue weighted by molar-refractivity contribution is 6.01. The lowest BCUT2D eigenvalue weighted by Crippen LogP contribution is -2.26. The SMILES string of the molecule is CCCOc1ccc(C2CC(=O)C3=C(C2)Nc2ccccc2NC3c2cccc(OCC)c2)cc1. The molecule has 0 amide bonds. The monoisotopic (exact) mass is 468 g/mol. The molecule has 5 nitrogen and oxygen atoms in total. The number of Topliss-reactive ketones (excluding diaryl/α,β-unsaturated/α-hetero) is 1. The smallest absolute Gasteiger partial charge is 0.163 e. The van der Waals surface area contributed by atoms with Gasteiger partial charge in [0.25, 0.3) is 0 Å². The van der Waals surface area contributed by atoms with Gasteiger partial charge in [-0.15, -0.1) is 0 Å². The molecule has 1 aliphatic heterocycles. The molecule has 1 aliphatic carbocycles. The zero-order valence-electron chi connectivity index (χ0n) is 20.3. The minimum absolute atomic E-state index is 0.120. The number of ketones is 1. The van der Waals surface area contributed by atoms with E-state index in [2.05, 4.69) is 47.9 Å². The van der Waals surface area contributed by atoms with Gasteiger partial charge in [-0.05, 0) is 73.2 Å². The number of allylic oxidation sites excluding steroid dienone is 1. The van der Waals surface area contributed by atoms with E-state index >= 15 is 0 Å². The molecule has 2 N–H and O–H groups in total. The van der Waals surface area contributed by atoms with E-state index in [1.165, 1.54) is 0 Å². The van der Waals surface area contributed by atoms with E-state index in [4.69, 9.17) is 9.47 Å². The molecule has 2 atom stereocenters. The predicted molar refractivity (Wildman–Crippen MR) is 140 cm³/mol. The number of anilines is 2. The van der Waals surface area contributed by atoms with Gasteiger partial charge in [0.15, 0.2) is 5.78 Å². The highest BCUT2D eigenvalue weighted by atomic mass is 16.5. The summed E-state index contributed by atoms with van der Waals surface area (Å²) in [7, 11) is 0. The topological polar surface area (TPSA) is 59.6 Å². The maximum absolute atomic E-state index is 13.7. The average Bonchev–Trinajstić information content (AvgIpc) is 3.05. The van der Waals surface area contributed by atoms with Crippen LogP contribution in [0, 0.1) is 0 Å². The van der Waals surface area contributed by atoms with Crippen LogP contribution in [0.3, 0.4) is 0 Å². The third kappa shape index (κ3) is 4.90. The second kappa shape index (κ2) is 10.3. The van der Waals surface area contributed by atoms with E-state index in [1.54, 1.807) is 0 Å². The molecule has 0 aromatic heterocycles. The van der Waals surface area contributed by atoms with Crippen LogP contribution in [0.25, 0.3) is 0 Å². The van der Waals surface area contributed by atoms with Crippen LogP contribution < -0.4 is 20.1 Å². The molecule has 180 valence electrons. The van der Waals surface area contributed by atoms with Crippen LogP contribution in [0.5, 0.6) is 11.5 Å². The Labute approximate surface area is 207 Å². The Morgan fingerprint density at radius 2 is 1.63 bits per heavy atom. The van der Waals surface area contributed by atoms with Crippen molar-refractivity contribution in [3.05, 3.63) is 95.2 Å². The molecule has 0 fully saturated rings. The van der Waals surface area contributed by atoms with Crippen molar-refractivity contribution in [1.29, 1.82) is 0 Å². The highest BCUT2D eigenvalue weighted by Crippen LogP contribution is 2.44. The second-order valence-electron chi connectivity index (χ2n) is 9.09. The Balaban J connectivity index is 1.51. The summed E-state index contributed by atoms with van der Waals surface area (Å²) in [5.41, 5.74) is 5.95. The molecular weight excluding hydrogens is 436 g/mol. The molecule has 3 aromatic rings. The van der Waals surface area contributed by atoms with Crippen LogP contribution in [0.1, 0.15) is 56.2 Å². The van der Waals surface area contributed by atoms with Gasteiger partial charge < -0.3 is 20.1 Å². The fourth-order valence-electron chi connectivity index (χ4n) is 4.98. The minimum Gasteiger partial charge on any atom is -0.494 e. The third-order valence-electron chi connectivity index (χ3n) is 6.64. The number of rotatable bonds is 7. The molecule has 0 saturated carbocycles. The van der Waals surface area contributed by atoms with Crippen LogP contribution in [0.2, 0.25) is 0 Å². The van der Waals surface area contributed by atoms with Gasteiger partial charge in [-0.3, -0.25) is 4.79 Å². The Morgan fingerprint density at radius 3 is 2.40 bits per heavy atom. The maximum atomic E-state index is 13.7. The first-order valence-corrected chi connectivity index (χ1v) is 12.5. The third-order valence-corrected chi connectivity index (χ3v) is 6.64. The first kappa shape index (κ1) is 23.0. The van der Waals surface area contributed by atoms with Crippen molar-refractivity contribution in [1.82, 2.24) is 0 Å². The Hall–Kier alpha value is -3.73. The molecule has 0 spiro atoms. The highest BCUT2D eigenvalue weighted by Gasteiger charge is 2.36. The minimum atomic E-state index is -0.250. The Bertz CT molecular complexity index is 1230. The molecule has 3 aromatic carbocycles. The molecule has 1 heterocycles. The largest absolute Gasteiger partial charge is 0.494 e. The molecule has 2 aliphatic rings. The summed E-state index contributed by atoms with van der Waals surface area (Å²) in [6.07, 6.45) is 2.23. The number of hydrogen-bond acceptors (Lipinski definition) is 5. The van der Waals surface area contributed by atoms with E-state index in [-0.39, 0.29) is 17.7 Å². The lowest BCUT2D eigenvalue weighted by atomic mass is 9.78. The van der Waals surface area contributed by atoms with Gasteiger partial charge in [-0.2, -0.15) is 0 Å². The Kier molecular flexibility index (Phi) is 6.75. The summed E-state index contributed by atoms with van der Waals surface area (Å²) in [5, 5.41) is 7.25. The van der Waals surface area contributed by atoms with E-state index in [9.17, 15) is 4.79 Å². The average molecular weight is 469 g/mol. The maximum Gasteiger partial charge on any atom is 0.163 e. The van der Waals surface area contributed by atoms with Crippen LogP contribution in [0.15, 0.2) is 84.1 Å². The van der Waals surface area contributed by atoms with E-state index < -0.39 is 0 Å². The Morgan fingerprint density at radius 1 is 0.829 bits per heavy atom. The van der Waals surface area contributed by atoms with Crippen molar-refractivity contribution in [2.75, 3.05) is 23.8 Å². The number of benzene rings is 3. The van der Waals surface area contributed by atoms with Gasteiger partial charge in [0.05, 0.1) is 30.6 Å². The normalized spacial score (nSPS) is 19.1. The van der Waals surface area contributed by atoms with Crippen molar-refractivity contribution >= 4 is 17.2 Å². The molecule has 35 heavy (non-hydrogen) atoms. The first-order valence-electron chi connectivity index (χ1n) is 12.5. The van der Waals surface area contributed by atoms with Crippen LogP contribution in [0.4, 0.5) is 11.4 Å². The zero-order chi connectivity index (χ0) is 24.2. The summed E-state index contributed by atoms with van der Waals surface area (Å²) in [6, 6.07) is 24.2. The van der Waals surface area contributed by atoms with Gasteiger partial charge in [-0.25, -0.2) is 0 Å². The van der Waals surface area contributed by atoms with Gasteiger partial charge in [0.2, 0.25) is 0 Å². The molecule has 0 bridgehead atoms. The lowest BCUT2D eigenvalue weighted by molar-refractivity contribution is -0.116. The number of carbonyl (C=O) groups is 1. The molecule has 0 radical (unpaired) electrons. The van der Waals surface area contributed by atoms with Gasteiger partial charge in [-0.1, -0.05) is 43.3 Å². The molecule has 0 saturated heterocycles. The number of fused-ring (bicyclic) bond motifs is 1. The fraction of sp³-hybridized carbons (Fsp3) is 0.300. The molecule has 5 rings (SSSR count). The number of nitrogens with one attached hydrogen (secondary N) is 2. The van der Waals surface area contributed by atoms with E-state index in [0.717, 1.165) is 58.1 Å². The van der Waals surface area contributed by atoms with Crippen molar-refractivity contribution in [2.24, 2.45) is 0 Å². The van der Waals surface area contributed by atoms with Gasteiger partial charge in [0.1, 0.15) is 11.5 Å². The van der Waals surface area contributed by atoms with Crippen molar-refractivity contribution < 1.29 is 14.3 Å². The second-order valence-corrected chi connectivity index (χ2v) is 9.09. The number of carbonyl (C=O) groups excluding carboxylic acids is 1. The summed E-state index contributed by atoms with van der Waals surface area (Å²) >= 11 is 0. The van der Waals surface area contributed by atoms with Crippen LogP contribution in [-0.2, 0) is 4.79 Å². The van der Waals surface area contributed by atoms with E-state index in [0.29, 0.717) is 19.6 Å². The summed E-state index contributed by atoms with van der Waals surface area (Å²) in [5.74, 6) is 1.97. The standard InChI is InChI=1S/C30H32N2O3/c1-3-16-35-23-14-12-20(13-15-23)22-18-27-29(28(33)19-22)30(21-8-7-9-24(17-21)34-4-2)32-26-11-6-5-10-25(26)31-27/h5-15,17,22,30-32H,3-4,16,18-19H2,1-2H3. The molecule has 5 heteroatoms. The predicted octanol–water partition coefficient (Wildman–Crippen LogP) is 6.85. The van der Waals surface area contributed by atoms with Crippen molar-refractivity contribution in [3.8, 4) is 11.5 Å². The van der Waals surface area contributed by atoms with Gasteiger partial charge >= 0.3 is 0 Å². The zero-order valence-corrected chi connectivity index (χ0v) is 20.3.